The van der Waals surface area contributed by atoms with Gasteiger partial charge in [-0.15, -0.1) is 11.3 Å². The van der Waals surface area contributed by atoms with Crippen LogP contribution in [0.25, 0.3) is 27.0 Å². The number of benzene rings is 1. The molecule has 1 nitrogen and oxygen atoms in total. The Balaban J connectivity index is 1.93. The summed E-state index contributed by atoms with van der Waals surface area (Å²) in [7, 11) is 0. The van der Waals surface area contributed by atoms with E-state index in [4.69, 9.17) is 11.6 Å². The maximum Gasteiger partial charge on any atom is 0.0601 e. The van der Waals surface area contributed by atoms with E-state index in [1.54, 1.807) is 0 Å². The summed E-state index contributed by atoms with van der Waals surface area (Å²) in [6, 6.07) is 10.3. The van der Waals surface area contributed by atoms with Crippen LogP contribution in [0.3, 0.4) is 0 Å². The summed E-state index contributed by atoms with van der Waals surface area (Å²) in [6.45, 7) is 0. The van der Waals surface area contributed by atoms with Gasteiger partial charge in [-0.25, -0.2) is 0 Å². The van der Waals surface area contributed by atoms with Crippen LogP contribution < -0.4 is 0 Å². The van der Waals surface area contributed by atoms with E-state index in [1.807, 2.05) is 23.5 Å². The second kappa shape index (κ2) is 5.36. The highest BCUT2D eigenvalue weighted by atomic mass is 35.5. The number of fused-ring (bicyclic) bond motifs is 1. The lowest BCUT2D eigenvalue weighted by molar-refractivity contribution is 0.742. The monoisotopic (exact) mass is 313 g/mol. The number of hydrogen-bond acceptors (Lipinski definition) is 1. The third kappa shape index (κ3) is 2.33. The zero-order valence-electron chi connectivity index (χ0n) is 11.7. The Morgan fingerprint density at radius 2 is 1.90 bits per heavy atom. The topological polar surface area (TPSA) is 15.8 Å². The predicted molar refractivity (Wildman–Crippen MR) is 93.1 cm³/mol. The average Bonchev–Trinajstić information content (AvgIpc) is 3.09. The Morgan fingerprint density at radius 3 is 2.67 bits per heavy atom. The minimum atomic E-state index is 0.783. The highest BCUT2D eigenvalue weighted by molar-refractivity contribution is 7.17. The van der Waals surface area contributed by atoms with Gasteiger partial charge in [0, 0.05) is 10.6 Å². The van der Waals surface area contributed by atoms with Gasteiger partial charge in [-0.1, -0.05) is 29.8 Å². The number of H-pyrrole nitrogens is 1. The molecule has 1 aromatic carbocycles. The fourth-order valence-electron chi connectivity index (χ4n) is 3.12. The van der Waals surface area contributed by atoms with Crippen molar-refractivity contribution in [2.45, 2.75) is 25.7 Å². The molecule has 0 unspecified atom stereocenters. The van der Waals surface area contributed by atoms with Gasteiger partial charge in [0.05, 0.1) is 15.9 Å². The number of thiophene rings is 1. The standard InChI is InChI=1S/C18H16ClNS/c19-14-8-6-13(7-9-14)17-16(12-4-2-1-3-5-12)18-15(20-17)10-11-21-18/h4,6-11,20H,1-3,5H2. The molecule has 1 aliphatic carbocycles. The first kappa shape index (κ1) is 13.2. The van der Waals surface area contributed by atoms with Gasteiger partial charge in [-0.3, -0.25) is 0 Å². The van der Waals surface area contributed by atoms with Crippen molar-refractivity contribution >= 4 is 38.7 Å². The lowest BCUT2D eigenvalue weighted by atomic mass is 9.92. The van der Waals surface area contributed by atoms with Crippen molar-refractivity contribution in [1.29, 1.82) is 0 Å². The molecule has 3 heteroatoms. The van der Waals surface area contributed by atoms with Gasteiger partial charge in [0.15, 0.2) is 0 Å². The fourth-order valence-corrected chi connectivity index (χ4v) is 4.18. The Morgan fingerprint density at radius 1 is 1.05 bits per heavy atom. The van der Waals surface area contributed by atoms with Gasteiger partial charge in [-0.05, 0) is 60.4 Å². The van der Waals surface area contributed by atoms with Crippen molar-refractivity contribution < 1.29 is 0 Å². The van der Waals surface area contributed by atoms with Gasteiger partial charge in [-0.2, -0.15) is 0 Å². The minimum absolute atomic E-state index is 0.783. The minimum Gasteiger partial charge on any atom is -0.353 e. The summed E-state index contributed by atoms with van der Waals surface area (Å²) in [5, 5.41) is 2.95. The van der Waals surface area contributed by atoms with Crippen molar-refractivity contribution in [2.75, 3.05) is 0 Å². The molecule has 0 radical (unpaired) electrons. The molecule has 1 aliphatic rings. The van der Waals surface area contributed by atoms with Crippen LogP contribution in [0.5, 0.6) is 0 Å². The molecule has 0 saturated heterocycles. The van der Waals surface area contributed by atoms with Crippen molar-refractivity contribution in [3.05, 3.63) is 52.4 Å². The van der Waals surface area contributed by atoms with Gasteiger partial charge in [0.1, 0.15) is 0 Å². The molecular formula is C18H16ClNS. The molecule has 0 bridgehead atoms. The predicted octanol–water partition coefficient (Wildman–Crippen LogP) is 6.51. The SMILES string of the molecule is Clc1ccc(-c2[nH]c3ccsc3c2C2=CCCCC2)cc1. The Kier molecular flexibility index (Phi) is 3.36. The van der Waals surface area contributed by atoms with E-state index in [2.05, 4.69) is 34.6 Å². The summed E-state index contributed by atoms with van der Waals surface area (Å²) in [4.78, 5) is 3.60. The van der Waals surface area contributed by atoms with E-state index in [1.165, 1.54) is 58.3 Å². The van der Waals surface area contributed by atoms with Crippen LogP contribution in [0.15, 0.2) is 41.8 Å². The molecule has 0 amide bonds. The summed E-state index contributed by atoms with van der Waals surface area (Å²) >= 11 is 7.85. The smallest absolute Gasteiger partial charge is 0.0601 e. The van der Waals surface area contributed by atoms with E-state index in [0.29, 0.717) is 0 Å². The van der Waals surface area contributed by atoms with Crippen molar-refractivity contribution in [1.82, 2.24) is 4.98 Å². The van der Waals surface area contributed by atoms with Gasteiger partial charge in [0.25, 0.3) is 0 Å². The van der Waals surface area contributed by atoms with Crippen molar-refractivity contribution in [2.24, 2.45) is 0 Å². The second-order valence-electron chi connectivity index (χ2n) is 5.52. The number of aromatic nitrogens is 1. The molecule has 2 aromatic heterocycles. The normalized spacial score (nSPS) is 15.4. The molecule has 0 fully saturated rings. The molecule has 0 spiro atoms. The Hall–Kier alpha value is -1.51. The van der Waals surface area contributed by atoms with Gasteiger partial charge in [0.2, 0.25) is 0 Å². The van der Waals surface area contributed by atoms with Gasteiger partial charge < -0.3 is 4.98 Å². The van der Waals surface area contributed by atoms with Crippen LogP contribution in [0.2, 0.25) is 5.02 Å². The number of rotatable bonds is 2. The molecule has 106 valence electrons. The largest absolute Gasteiger partial charge is 0.353 e. The van der Waals surface area contributed by atoms with Crippen LogP contribution >= 0.6 is 22.9 Å². The first-order chi connectivity index (χ1) is 10.3. The molecule has 1 N–H and O–H groups in total. The molecule has 4 rings (SSSR count). The second-order valence-corrected chi connectivity index (χ2v) is 6.87. The molecule has 0 saturated carbocycles. The zero-order valence-corrected chi connectivity index (χ0v) is 13.2. The van der Waals surface area contributed by atoms with Crippen LogP contribution in [-0.4, -0.2) is 4.98 Å². The summed E-state index contributed by atoms with van der Waals surface area (Å²) in [5.74, 6) is 0. The number of nitrogens with one attached hydrogen (secondary N) is 1. The van der Waals surface area contributed by atoms with E-state index in [-0.39, 0.29) is 0 Å². The fraction of sp³-hybridized carbons (Fsp3) is 0.222. The summed E-state index contributed by atoms with van der Waals surface area (Å²) in [6.07, 6.45) is 7.42. The van der Waals surface area contributed by atoms with Crippen LogP contribution in [0, 0.1) is 0 Å². The Bertz CT molecular complexity index is 807. The van der Waals surface area contributed by atoms with Crippen LogP contribution in [0.1, 0.15) is 31.2 Å². The highest BCUT2D eigenvalue weighted by Gasteiger charge is 2.18. The third-order valence-corrected chi connectivity index (χ3v) is 5.33. The molecular weight excluding hydrogens is 298 g/mol. The highest BCUT2D eigenvalue weighted by Crippen LogP contribution is 2.41. The maximum absolute atomic E-state index is 6.03. The van der Waals surface area contributed by atoms with Crippen LogP contribution in [-0.2, 0) is 0 Å². The number of halogens is 1. The van der Waals surface area contributed by atoms with E-state index in [0.717, 1.165) is 5.02 Å². The van der Waals surface area contributed by atoms with Crippen LogP contribution in [0.4, 0.5) is 0 Å². The summed E-state index contributed by atoms with van der Waals surface area (Å²) in [5.41, 5.74) is 6.60. The quantitative estimate of drug-likeness (QED) is 0.555. The van der Waals surface area contributed by atoms with E-state index in [9.17, 15) is 0 Å². The number of hydrogen-bond donors (Lipinski definition) is 1. The van der Waals surface area contributed by atoms with Crippen molar-refractivity contribution in [3.8, 4) is 11.3 Å². The number of allylic oxidation sites excluding steroid dienone is 2. The lowest BCUT2D eigenvalue weighted by Gasteiger charge is -2.14. The lowest BCUT2D eigenvalue weighted by Crippen LogP contribution is -1.93. The van der Waals surface area contributed by atoms with E-state index >= 15 is 0 Å². The number of aromatic amines is 1. The Labute approximate surface area is 133 Å². The first-order valence-corrected chi connectivity index (χ1v) is 8.63. The average molecular weight is 314 g/mol. The summed E-state index contributed by atoms with van der Waals surface area (Å²) < 4.78 is 1.38. The third-order valence-electron chi connectivity index (χ3n) is 4.15. The van der Waals surface area contributed by atoms with E-state index < -0.39 is 0 Å². The molecule has 3 aromatic rings. The molecule has 21 heavy (non-hydrogen) atoms. The molecule has 0 atom stereocenters. The maximum atomic E-state index is 6.03. The van der Waals surface area contributed by atoms with Crippen molar-refractivity contribution in [3.63, 3.8) is 0 Å². The zero-order chi connectivity index (χ0) is 14.2. The first-order valence-electron chi connectivity index (χ1n) is 7.37. The molecule has 2 heterocycles. The van der Waals surface area contributed by atoms with Gasteiger partial charge >= 0.3 is 0 Å². The molecule has 0 aliphatic heterocycles.